The van der Waals surface area contributed by atoms with Crippen LogP contribution in [-0.2, 0) is 19.3 Å². The summed E-state index contributed by atoms with van der Waals surface area (Å²) in [6.07, 6.45) is 8.96. The molecular weight excluding hydrogens is 330 g/mol. The molecule has 0 aromatic carbocycles. The maximum atomic E-state index is 11.0. The Kier molecular flexibility index (Phi) is 11.0. The molecule has 0 aliphatic heterocycles. The average molecular weight is 364 g/mol. The Hall–Kier alpha value is -0.860. The minimum Gasteiger partial charge on any atom is -0.379 e. The van der Waals surface area contributed by atoms with E-state index >= 15 is 0 Å². The Morgan fingerprint density at radius 3 is 2.46 bits per heavy atom. The van der Waals surface area contributed by atoms with E-state index in [4.69, 9.17) is 9.47 Å². The third-order valence-corrected chi connectivity index (χ3v) is 4.79. The van der Waals surface area contributed by atoms with Crippen LogP contribution < -0.4 is 10.6 Å². The van der Waals surface area contributed by atoms with Gasteiger partial charge in [-0.1, -0.05) is 19.3 Å². The van der Waals surface area contributed by atoms with E-state index in [1.54, 1.807) is 7.05 Å². The highest BCUT2D eigenvalue weighted by Gasteiger charge is 2.12. The van der Waals surface area contributed by atoms with Gasteiger partial charge in [-0.3, -0.25) is 4.99 Å². The van der Waals surface area contributed by atoms with Gasteiger partial charge in [-0.25, -0.2) is 8.42 Å². The lowest BCUT2D eigenvalue weighted by molar-refractivity contribution is 0.0277. The molecule has 1 saturated carbocycles. The van der Waals surface area contributed by atoms with Gasteiger partial charge in [0.05, 0.1) is 25.1 Å². The van der Waals surface area contributed by atoms with E-state index in [0.29, 0.717) is 19.3 Å². The standard InChI is InChI=1S/C16H33N3O4S/c1-17-16(19-10-12-22-13-14-24(2,20)21)18-9-6-11-23-15-7-4-3-5-8-15/h15H,3-14H2,1-2H3,(H2,17,18,19). The van der Waals surface area contributed by atoms with Crippen LogP contribution in [0.3, 0.4) is 0 Å². The van der Waals surface area contributed by atoms with Crippen LogP contribution in [0.25, 0.3) is 0 Å². The van der Waals surface area contributed by atoms with Crippen molar-refractivity contribution in [2.45, 2.75) is 44.6 Å². The summed E-state index contributed by atoms with van der Waals surface area (Å²) in [5, 5.41) is 6.36. The van der Waals surface area contributed by atoms with Crippen LogP contribution in [0.2, 0.25) is 0 Å². The summed E-state index contributed by atoms with van der Waals surface area (Å²) in [5.41, 5.74) is 0. The number of hydrogen-bond donors (Lipinski definition) is 2. The molecule has 7 nitrogen and oxygen atoms in total. The fourth-order valence-corrected chi connectivity index (χ4v) is 2.96. The van der Waals surface area contributed by atoms with Crippen molar-refractivity contribution in [3.05, 3.63) is 0 Å². The highest BCUT2D eigenvalue weighted by Crippen LogP contribution is 2.20. The first-order valence-corrected chi connectivity index (χ1v) is 10.9. The van der Waals surface area contributed by atoms with Gasteiger partial charge in [0.1, 0.15) is 9.84 Å². The summed E-state index contributed by atoms with van der Waals surface area (Å²) in [7, 11) is -1.23. The fraction of sp³-hybridized carbons (Fsp3) is 0.938. The average Bonchev–Trinajstić information content (AvgIpc) is 2.55. The van der Waals surface area contributed by atoms with E-state index in [1.807, 2.05) is 0 Å². The van der Waals surface area contributed by atoms with Crippen molar-refractivity contribution in [1.29, 1.82) is 0 Å². The zero-order valence-corrected chi connectivity index (χ0v) is 15.9. The molecule has 0 radical (unpaired) electrons. The first-order valence-electron chi connectivity index (χ1n) is 8.83. The number of nitrogens with zero attached hydrogens (tertiary/aromatic N) is 1. The summed E-state index contributed by atoms with van der Waals surface area (Å²) in [6, 6.07) is 0. The molecule has 0 atom stereocenters. The molecule has 0 amide bonds. The van der Waals surface area contributed by atoms with Crippen molar-refractivity contribution >= 4 is 15.8 Å². The molecule has 0 spiro atoms. The molecule has 1 aliphatic carbocycles. The van der Waals surface area contributed by atoms with Gasteiger partial charge in [-0.2, -0.15) is 0 Å². The predicted molar refractivity (Wildman–Crippen MR) is 97.3 cm³/mol. The van der Waals surface area contributed by atoms with Crippen LogP contribution in [0, 0.1) is 0 Å². The third kappa shape index (κ3) is 11.6. The maximum absolute atomic E-state index is 11.0. The molecule has 0 aromatic rings. The van der Waals surface area contributed by atoms with Gasteiger partial charge in [0.2, 0.25) is 0 Å². The fourth-order valence-electron chi connectivity index (χ4n) is 2.54. The molecule has 2 N–H and O–H groups in total. The lowest BCUT2D eigenvalue weighted by Gasteiger charge is -2.22. The van der Waals surface area contributed by atoms with Crippen LogP contribution >= 0.6 is 0 Å². The summed E-state index contributed by atoms with van der Waals surface area (Å²) in [4.78, 5) is 4.13. The van der Waals surface area contributed by atoms with Crippen molar-refractivity contribution in [1.82, 2.24) is 10.6 Å². The summed E-state index contributed by atoms with van der Waals surface area (Å²) in [6.45, 7) is 2.85. The van der Waals surface area contributed by atoms with Crippen LogP contribution in [-0.4, -0.2) is 72.4 Å². The molecule has 24 heavy (non-hydrogen) atoms. The van der Waals surface area contributed by atoms with Crippen molar-refractivity contribution in [3.8, 4) is 0 Å². The zero-order valence-electron chi connectivity index (χ0n) is 15.1. The highest BCUT2D eigenvalue weighted by atomic mass is 32.2. The molecule has 0 heterocycles. The lowest BCUT2D eigenvalue weighted by Crippen LogP contribution is -2.39. The molecule has 1 fully saturated rings. The number of aliphatic imine (C=N–C) groups is 1. The Morgan fingerprint density at radius 1 is 1.08 bits per heavy atom. The minimum atomic E-state index is -2.95. The topological polar surface area (TPSA) is 89.0 Å². The van der Waals surface area contributed by atoms with Gasteiger partial charge >= 0.3 is 0 Å². The number of sulfone groups is 1. The number of guanidine groups is 1. The van der Waals surface area contributed by atoms with Crippen LogP contribution in [0.1, 0.15) is 38.5 Å². The monoisotopic (exact) mass is 363 g/mol. The maximum Gasteiger partial charge on any atom is 0.191 e. The van der Waals surface area contributed by atoms with Crippen LogP contribution in [0.15, 0.2) is 4.99 Å². The Labute approximate surface area is 146 Å². The van der Waals surface area contributed by atoms with Gasteiger partial charge in [0.15, 0.2) is 5.96 Å². The van der Waals surface area contributed by atoms with Gasteiger partial charge < -0.3 is 20.1 Å². The summed E-state index contributed by atoms with van der Waals surface area (Å²) >= 11 is 0. The van der Waals surface area contributed by atoms with Gasteiger partial charge in [0, 0.05) is 33.0 Å². The van der Waals surface area contributed by atoms with E-state index < -0.39 is 9.84 Å². The lowest BCUT2D eigenvalue weighted by atomic mass is 9.98. The largest absolute Gasteiger partial charge is 0.379 e. The van der Waals surface area contributed by atoms with Crippen LogP contribution in [0.5, 0.6) is 0 Å². The van der Waals surface area contributed by atoms with E-state index in [0.717, 1.165) is 25.5 Å². The molecule has 1 rings (SSSR count). The Morgan fingerprint density at radius 2 is 1.79 bits per heavy atom. The normalized spacial score (nSPS) is 17.0. The SMILES string of the molecule is CN=C(NCCCOC1CCCCC1)NCCOCCS(C)(=O)=O. The molecular formula is C16H33N3O4S. The molecule has 0 saturated heterocycles. The van der Waals surface area contributed by atoms with E-state index in [2.05, 4.69) is 15.6 Å². The number of nitrogens with one attached hydrogen (secondary N) is 2. The Balaban J connectivity index is 1.96. The predicted octanol–water partition coefficient (Wildman–Crippen LogP) is 0.952. The zero-order chi connectivity index (χ0) is 17.7. The smallest absolute Gasteiger partial charge is 0.191 e. The van der Waals surface area contributed by atoms with Gasteiger partial charge in [0.25, 0.3) is 0 Å². The van der Waals surface area contributed by atoms with Crippen molar-refractivity contribution in [2.75, 3.05) is 52.0 Å². The minimum absolute atomic E-state index is 0.0565. The van der Waals surface area contributed by atoms with Crippen LogP contribution in [0.4, 0.5) is 0 Å². The van der Waals surface area contributed by atoms with Gasteiger partial charge in [-0.15, -0.1) is 0 Å². The summed E-state index contributed by atoms with van der Waals surface area (Å²) in [5.74, 6) is 0.778. The van der Waals surface area contributed by atoms with Crippen molar-refractivity contribution < 1.29 is 17.9 Å². The number of ether oxygens (including phenoxy) is 2. The quantitative estimate of drug-likeness (QED) is 0.323. The second kappa shape index (κ2) is 12.5. The number of hydrogen-bond acceptors (Lipinski definition) is 5. The van der Waals surface area contributed by atoms with E-state index in [-0.39, 0.29) is 12.4 Å². The number of rotatable bonds is 11. The summed E-state index contributed by atoms with van der Waals surface area (Å²) < 4.78 is 33.1. The Bertz CT molecular complexity index is 448. The molecule has 1 aliphatic rings. The van der Waals surface area contributed by atoms with Crippen molar-refractivity contribution in [2.24, 2.45) is 4.99 Å². The third-order valence-electron chi connectivity index (χ3n) is 3.88. The molecule has 0 unspecified atom stereocenters. The molecule has 0 bridgehead atoms. The molecule has 8 heteroatoms. The molecule has 142 valence electrons. The second-order valence-electron chi connectivity index (χ2n) is 6.15. The highest BCUT2D eigenvalue weighted by molar-refractivity contribution is 7.90. The first kappa shape index (κ1) is 21.2. The van der Waals surface area contributed by atoms with E-state index in [9.17, 15) is 8.42 Å². The van der Waals surface area contributed by atoms with Crippen molar-refractivity contribution in [3.63, 3.8) is 0 Å². The first-order chi connectivity index (χ1) is 11.5. The second-order valence-corrected chi connectivity index (χ2v) is 8.41. The van der Waals surface area contributed by atoms with E-state index in [1.165, 1.54) is 38.4 Å². The van der Waals surface area contributed by atoms with Gasteiger partial charge in [-0.05, 0) is 19.3 Å². The molecule has 0 aromatic heterocycles.